The molecular weight excluding hydrogens is 320 g/mol. The third kappa shape index (κ3) is 7.27. The van der Waals surface area contributed by atoms with Crippen LogP contribution >= 0.6 is 0 Å². The van der Waals surface area contributed by atoms with Crippen LogP contribution in [-0.2, 0) is 0 Å². The minimum atomic E-state index is 0.394. The molecule has 3 atom stereocenters. The maximum atomic E-state index is 8.64. The van der Waals surface area contributed by atoms with Crippen molar-refractivity contribution in [3.05, 3.63) is 24.3 Å². The summed E-state index contributed by atoms with van der Waals surface area (Å²) in [5.74, 6) is 1.73. The van der Waals surface area contributed by atoms with Crippen molar-refractivity contribution in [2.75, 3.05) is 0 Å². The molecule has 4 heteroatoms. The van der Waals surface area contributed by atoms with Crippen molar-refractivity contribution in [2.45, 2.75) is 91.6 Å². The minimum Gasteiger partial charge on any atom is -0.335 e. The van der Waals surface area contributed by atoms with Gasteiger partial charge in [-0.15, -0.1) is 0 Å². The summed E-state index contributed by atoms with van der Waals surface area (Å²) < 4.78 is 0. The molecule has 1 saturated heterocycles. The van der Waals surface area contributed by atoms with Crippen molar-refractivity contribution in [1.29, 1.82) is 5.41 Å². The van der Waals surface area contributed by atoms with E-state index in [1.807, 2.05) is 19.2 Å². The van der Waals surface area contributed by atoms with Crippen molar-refractivity contribution in [3.63, 3.8) is 0 Å². The normalized spacial score (nSPS) is 23.0. The van der Waals surface area contributed by atoms with Crippen LogP contribution in [0.3, 0.4) is 0 Å². The van der Waals surface area contributed by atoms with Gasteiger partial charge in [-0.2, -0.15) is 4.99 Å². The number of guanidine groups is 1. The smallest absolute Gasteiger partial charge is 0.220 e. The second-order valence-electron chi connectivity index (χ2n) is 7.13. The minimum absolute atomic E-state index is 0.394. The van der Waals surface area contributed by atoms with E-state index in [0.717, 1.165) is 25.1 Å². The number of aliphatic imine (C=N–C) groups is 2. The molecule has 1 N–H and O–H groups in total. The van der Waals surface area contributed by atoms with Gasteiger partial charge in [-0.3, -0.25) is 5.41 Å². The van der Waals surface area contributed by atoms with Crippen molar-refractivity contribution < 1.29 is 0 Å². The third-order valence-electron chi connectivity index (χ3n) is 5.01. The molecule has 1 aliphatic rings. The molecule has 0 radical (unpaired) electrons. The Hall–Kier alpha value is -1.71. The number of nitrogens with zero attached hydrogens (tertiary/aromatic N) is 3. The average Bonchev–Trinajstić information content (AvgIpc) is 3.05. The van der Waals surface area contributed by atoms with Crippen LogP contribution < -0.4 is 0 Å². The zero-order valence-corrected chi connectivity index (χ0v) is 17.4. The summed E-state index contributed by atoms with van der Waals surface area (Å²) in [5, 5.41) is 8.64. The summed E-state index contributed by atoms with van der Waals surface area (Å²) >= 11 is 0. The number of nitrogens with one attached hydrogen (secondary N) is 1. The zero-order valence-electron chi connectivity index (χ0n) is 17.4. The molecule has 26 heavy (non-hydrogen) atoms. The lowest BCUT2D eigenvalue weighted by atomic mass is 10.00. The highest BCUT2D eigenvalue weighted by Crippen LogP contribution is 2.30. The van der Waals surface area contributed by atoms with Gasteiger partial charge in [-0.05, 0) is 58.3 Å². The van der Waals surface area contributed by atoms with Gasteiger partial charge in [-0.25, -0.2) is 4.99 Å². The van der Waals surface area contributed by atoms with E-state index in [9.17, 15) is 0 Å². The Labute approximate surface area is 160 Å². The first-order valence-electron chi connectivity index (χ1n) is 10.3. The van der Waals surface area contributed by atoms with Crippen LogP contribution in [0.4, 0.5) is 0 Å². The van der Waals surface area contributed by atoms with E-state index >= 15 is 0 Å². The van der Waals surface area contributed by atoms with Gasteiger partial charge in [0, 0.05) is 24.7 Å². The Bertz CT molecular complexity index is 530. The molecule has 1 heterocycles. The summed E-state index contributed by atoms with van der Waals surface area (Å²) in [4.78, 5) is 11.3. The summed E-state index contributed by atoms with van der Waals surface area (Å²) in [6.07, 6.45) is 17.6. The molecular formula is C22H38N4. The molecule has 0 amide bonds. The molecule has 0 bridgehead atoms. The van der Waals surface area contributed by atoms with E-state index in [0.29, 0.717) is 30.4 Å². The van der Waals surface area contributed by atoms with Crippen molar-refractivity contribution >= 4 is 18.0 Å². The van der Waals surface area contributed by atoms with Gasteiger partial charge in [-0.1, -0.05) is 45.1 Å². The number of rotatable bonds is 8. The van der Waals surface area contributed by atoms with E-state index in [-0.39, 0.29) is 0 Å². The van der Waals surface area contributed by atoms with E-state index in [2.05, 4.69) is 60.8 Å². The first-order chi connectivity index (χ1) is 12.6. The topological polar surface area (TPSA) is 51.8 Å². The second kappa shape index (κ2) is 12.6. The van der Waals surface area contributed by atoms with Gasteiger partial charge in [0.15, 0.2) is 0 Å². The highest BCUT2D eigenvalue weighted by Gasteiger charge is 2.34. The highest BCUT2D eigenvalue weighted by molar-refractivity contribution is 5.99. The van der Waals surface area contributed by atoms with Crippen LogP contribution in [0.5, 0.6) is 0 Å². The molecule has 1 rings (SSSR count). The Morgan fingerprint density at radius 1 is 1.19 bits per heavy atom. The van der Waals surface area contributed by atoms with Crippen molar-refractivity contribution in [2.24, 2.45) is 15.9 Å². The quantitative estimate of drug-likeness (QED) is 0.323. The third-order valence-corrected chi connectivity index (χ3v) is 5.01. The molecule has 146 valence electrons. The van der Waals surface area contributed by atoms with Gasteiger partial charge in [0.2, 0.25) is 5.96 Å². The fraction of sp³-hybridized carbons (Fsp3) is 0.682. The van der Waals surface area contributed by atoms with Crippen LogP contribution in [0.25, 0.3) is 0 Å². The molecule has 0 spiro atoms. The first kappa shape index (κ1) is 22.3. The van der Waals surface area contributed by atoms with E-state index in [1.54, 1.807) is 0 Å². The van der Waals surface area contributed by atoms with Crippen LogP contribution in [0.15, 0.2) is 34.3 Å². The molecule has 0 aromatic carbocycles. The Kier molecular flexibility index (Phi) is 10.8. The Morgan fingerprint density at radius 3 is 2.54 bits per heavy atom. The SMILES string of the molecule is C/C=C\CC(N=CCC)=NC(=N)N1C(CC)CCC1CC[C@H](C)/C=C\C. The second-order valence-corrected chi connectivity index (χ2v) is 7.13. The van der Waals surface area contributed by atoms with Gasteiger partial charge in [0.1, 0.15) is 5.84 Å². The highest BCUT2D eigenvalue weighted by atomic mass is 15.3. The first-order valence-corrected chi connectivity index (χ1v) is 10.3. The number of hydrogen-bond donors (Lipinski definition) is 1. The summed E-state index contributed by atoms with van der Waals surface area (Å²) in [6, 6.07) is 0.869. The standard InChI is InChI=1S/C22H38N4/c1-6-10-12-21(24-17-8-3)25-22(23)26-19(9-4)15-16-20(26)14-13-18(5)11-7-2/h6-7,10-11,17-20,23H,8-9,12-16H2,1-5H3/b10-6-,11-7-,23-22?,24-17?,25-21?/t18-,19?,20?/m1/s1. The number of hydrogen-bond acceptors (Lipinski definition) is 1. The number of likely N-dealkylation sites (tertiary alicyclic amines) is 1. The molecule has 0 aromatic heterocycles. The lowest BCUT2D eigenvalue weighted by Gasteiger charge is -2.30. The maximum Gasteiger partial charge on any atom is 0.220 e. The van der Waals surface area contributed by atoms with Crippen LogP contribution in [0, 0.1) is 11.3 Å². The predicted octanol–water partition coefficient (Wildman–Crippen LogP) is 6.00. The largest absolute Gasteiger partial charge is 0.335 e. The number of allylic oxidation sites excluding steroid dienone is 3. The molecule has 4 nitrogen and oxygen atoms in total. The van der Waals surface area contributed by atoms with E-state index in [4.69, 9.17) is 5.41 Å². The van der Waals surface area contributed by atoms with Gasteiger partial charge < -0.3 is 4.90 Å². The average molecular weight is 359 g/mol. The Balaban J connectivity index is 2.89. The van der Waals surface area contributed by atoms with Crippen molar-refractivity contribution in [1.82, 2.24) is 4.90 Å². The maximum absolute atomic E-state index is 8.64. The van der Waals surface area contributed by atoms with Gasteiger partial charge in [0.05, 0.1) is 0 Å². The van der Waals surface area contributed by atoms with Crippen molar-refractivity contribution in [3.8, 4) is 0 Å². The predicted molar refractivity (Wildman–Crippen MR) is 116 cm³/mol. The number of amidine groups is 1. The monoisotopic (exact) mass is 358 g/mol. The zero-order chi connectivity index (χ0) is 19.4. The fourth-order valence-corrected chi connectivity index (χ4v) is 3.60. The lowest BCUT2D eigenvalue weighted by Crippen LogP contribution is -2.40. The fourth-order valence-electron chi connectivity index (χ4n) is 3.60. The molecule has 2 unspecified atom stereocenters. The molecule has 1 fully saturated rings. The summed E-state index contributed by atoms with van der Waals surface area (Å²) in [6.45, 7) is 10.6. The van der Waals surface area contributed by atoms with Crippen LogP contribution in [0.2, 0.25) is 0 Å². The van der Waals surface area contributed by atoms with E-state index in [1.165, 1.54) is 19.3 Å². The molecule has 0 aliphatic carbocycles. The van der Waals surface area contributed by atoms with Gasteiger partial charge >= 0.3 is 0 Å². The van der Waals surface area contributed by atoms with Gasteiger partial charge in [0.25, 0.3) is 0 Å². The van der Waals surface area contributed by atoms with Crippen LogP contribution in [-0.4, -0.2) is 35.0 Å². The molecule has 1 aliphatic heterocycles. The molecule has 0 aromatic rings. The lowest BCUT2D eigenvalue weighted by molar-refractivity contribution is 0.281. The van der Waals surface area contributed by atoms with Crippen LogP contribution in [0.1, 0.15) is 79.6 Å². The summed E-state index contributed by atoms with van der Waals surface area (Å²) in [5.41, 5.74) is 0. The summed E-state index contributed by atoms with van der Waals surface area (Å²) in [7, 11) is 0. The Morgan fingerprint density at radius 2 is 1.92 bits per heavy atom. The van der Waals surface area contributed by atoms with E-state index < -0.39 is 0 Å². The molecule has 0 saturated carbocycles.